The van der Waals surface area contributed by atoms with Crippen molar-refractivity contribution < 1.29 is 0 Å². The zero-order valence-corrected chi connectivity index (χ0v) is 31.7. The van der Waals surface area contributed by atoms with Crippen molar-refractivity contribution in [3.8, 4) is 50.5 Å². The Kier molecular flexibility index (Phi) is 7.82. The largest absolute Gasteiger partial charge is 0.292 e. The maximum Gasteiger partial charge on any atom is 0.145 e. The van der Waals surface area contributed by atoms with E-state index in [1.165, 1.54) is 81.7 Å². The Morgan fingerprint density at radius 2 is 1.00 bits per heavy atom. The molecule has 10 aromatic rings. The maximum absolute atomic E-state index is 5.14. The van der Waals surface area contributed by atoms with Gasteiger partial charge in [0.15, 0.2) is 0 Å². The number of hydrogen-bond acceptors (Lipinski definition) is 1. The number of allylic oxidation sites excluding steroid dienone is 2. The standard InChI is InChI=1S/C55H38N2/c1-36-42-21-6-3-7-23-44(42)53(45-24-9-8-22-43(36)45)39-17-16-18-40(35-39)54-48-27-12-10-25-46(48)52(47-26-11-13-28-49(47)54)37-31-33-38(34-32-37)55-56-50-29-14-15-30-51(50)57(55)41-19-4-2-5-20-41/h2-5,7-35H,6H2,1H3. The molecule has 1 heterocycles. The number of rotatable bonds is 5. The highest BCUT2D eigenvalue weighted by Crippen LogP contribution is 2.45. The van der Waals surface area contributed by atoms with Crippen LogP contribution in [0.15, 0.2) is 188 Å². The number of aromatic nitrogens is 2. The first-order valence-electron chi connectivity index (χ1n) is 19.8. The first kappa shape index (κ1) is 33.1. The molecule has 1 aliphatic carbocycles. The third-order valence-electron chi connectivity index (χ3n) is 11.8. The Morgan fingerprint density at radius 1 is 0.456 bits per heavy atom. The van der Waals surface area contributed by atoms with Crippen LogP contribution in [-0.2, 0) is 0 Å². The highest BCUT2D eigenvalue weighted by Gasteiger charge is 2.19. The lowest BCUT2D eigenvalue weighted by Crippen LogP contribution is -2.29. The summed E-state index contributed by atoms with van der Waals surface area (Å²) in [5, 5.41) is 10.2. The third-order valence-corrected chi connectivity index (χ3v) is 11.8. The Bertz CT molecular complexity index is 3310. The molecule has 9 aromatic carbocycles. The first-order chi connectivity index (χ1) is 28.2. The number of benzene rings is 9. The predicted octanol–water partition coefficient (Wildman–Crippen LogP) is 13.0. The predicted molar refractivity (Wildman–Crippen MR) is 242 cm³/mol. The zero-order valence-electron chi connectivity index (χ0n) is 31.7. The van der Waals surface area contributed by atoms with E-state index in [9.17, 15) is 0 Å². The molecule has 1 aromatic heterocycles. The number of nitrogens with zero attached hydrogens (tertiary/aromatic N) is 2. The van der Waals surface area contributed by atoms with E-state index < -0.39 is 0 Å². The minimum absolute atomic E-state index is 0.934. The van der Waals surface area contributed by atoms with Crippen LogP contribution in [0.1, 0.15) is 12.0 Å². The molecule has 0 N–H and O–H groups in total. The van der Waals surface area contributed by atoms with Crippen LogP contribution in [0.4, 0.5) is 0 Å². The molecule has 0 aliphatic heterocycles. The van der Waals surface area contributed by atoms with E-state index >= 15 is 0 Å². The summed E-state index contributed by atoms with van der Waals surface area (Å²) in [6.07, 6.45) is 10.1. The molecule has 0 saturated heterocycles. The van der Waals surface area contributed by atoms with Crippen LogP contribution in [0.3, 0.4) is 0 Å². The van der Waals surface area contributed by atoms with Gasteiger partial charge >= 0.3 is 0 Å². The van der Waals surface area contributed by atoms with Gasteiger partial charge in [-0.25, -0.2) is 4.98 Å². The van der Waals surface area contributed by atoms with Crippen LogP contribution >= 0.6 is 0 Å². The van der Waals surface area contributed by atoms with E-state index in [4.69, 9.17) is 4.98 Å². The number of hydrogen-bond donors (Lipinski definition) is 0. The summed E-state index contributed by atoms with van der Waals surface area (Å²) in [5.74, 6) is 0.934. The maximum atomic E-state index is 5.14. The zero-order chi connectivity index (χ0) is 37.9. The summed E-state index contributed by atoms with van der Waals surface area (Å²) < 4.78 is 2.27. The molecule has 0 spiro atoms. The van der Waals surface area contributed by atoms with Gasteiger partial charge in [-0.3, -0.25) is 4.57 Å². The average Bonchev–Trinajstić information content (AvgIpc) is 3.49. The van der Waals surface area contributed by atoms with E-state index in [2.05, 4.69) is 212 Å². The lowest BCUT2D eigenvalue weighted by atomic mass is 9.84. The highest BCUT2D eigenvalue weighted by atomic mass is 15.1. The number of fused-ring (bicyclic) bond motifs is 5. The van der Waals surface area contributed by atoms with E-state index in [1.807, 2.05) is 0 Å². The molecular weight excluding hydrogens is 689 g/mol. The molecule has 2 nitrogen and oxygen atoms in total. The van der Waals surface area contributed by atoms with Crippen molar-refractivity contribution in [1.82, 2.24) is 9.55 Å². The van der Waals surface area contributed by atoms with Crippen molar-refractivity contribution in [2.45, 2.75) is 13.3 Å². The molecule has 0 bridgehead atoms. The second-order valence-electron chi connectivity index (χ2n) is 15.0. The molecule has 0 unspecified atom stereocenters. The number of aryl methyl sites for hydroxylation is 1. The van der Waals surface area contributed by atoms with Crippen LogP contribution < -0.4 is 10.4 Å². The van der Waals surface area contributed by atoms with Gasteiger partial charge in [-0.05, 0) is 125 Å². The summed E-state index contributed by atoms with van der Waals surface area (Å²) in [4.78, 5) is 5.14. The molecule has 0 saturated carbocycles. The summed E-state index contributed by atoms with van der Waals surface area (Å²) >= 11 is 0. The molecule has 0 atom stereocenters. The summed E-state index contributed by atoms with van der Waals surface area (Å²) in [6.45, 7) is 2.27. The Morgan fingerprint density at radius 3 is 1.68 bits per heavy atom. The van der Waals surface area contributed by atoms with E-state index in [-0.39, 0.29) is 0 Å². The van der Waals surface area contributed by atoms with E-state index in [0.29, 0.717) is 0 Å². The molecule has 1 aliphatic rings. The fourth-order valence-electron chi connectivity index (χ4n) is 9.26. The van der Waals surface area contributed by atoms with Gasteiger partial charge in [0.25, 0.3) is 0 Å². The normalized spacial score (nSPS) is 12.4. The first-order valence-corrected chi connectivity index (χ1v) is 19.8. The summed E-state index contributed by atoms with van der Waals surface area (Å²) in [6, 6.07) is 63.9. The Hall–Kier alpha value is -7.29. The van der Waals surface area contributed by atoms with Crippen LogP contribution in [0.5, 0.6) is 0 Å². The second kappa shape index (κ2) is 13.5. The topological polar surface area (TPSA) is 17.8 Å². The van der Waals surface area contributed by atoms with Gasteiger partial charge in [0.05, 0.1) is 11.0 Å². The van der Waals surface area contributed by atoms with Gasteiger partial charge in [0.2, 0.25) is 0 Å². The molecule has 57 heavy (non-hydrogen) atoms. The van der Waals surface area contributed by atoms with Crippen LogP contribution in [0.25, 0.3) is 106 Å². The monoisotopic (exact) mass is 726 g/mol. The second-order valence-corrected chi connectivity index (χ2v) is 15.0. The molecule has 0 radical (unpaired) electrons. The van der Waals surface area contributed by atoms with Crippen LogP contribution in [-0.4, -0.2) is 9.55 Å². The van der Waals surface area contributed by atoms with Gasteiger partial charge in [-0.2, -0.15) is 0 Å². The van der Waals surface area contributed by atoms with Gasteiger partial charge in [-0.1, -0.05) is 170 Å². The van der Waals surface area contributed by atoms with Gasteiger partial charge in [0, 0.05) is 11.3 Å². The molecule has 268 valence electrons. The average molecular weight is 727 g/mol. The Balaban J connectivity index is 1.10. The highest BCUT2D eigenvalue weighted by molar-refractivity contribution is 6.21. The van der Waals surface area contributed by atoms with Gasteiger partial charge < -0.3 is 0 Å². The van der Waals surface area contributed by atoms with Crippen molar-refractivity contribution in [3.63, 3.8) is 0 Å². The molecule has 0 fully saturated rings. The van der Waals surface area contributed by atoms with Crippen LogP contribution in [0, 0.1) is 6.92 Å². The summed E-state index contributed by atoms with van der Waals surface area (Å²) in [5.41, 5.74) is 13.0. The third kappa shape index (κ3) is 5.37. The molecular formula is C55H38N2. The van der Waals surface area contributed by atoms with Gasteiger partial charge in [-0.15, -0.1) is 0 Å². The van der Waals surface area contributed by atoms with E-state index in [1.54, 1.807) is 0 Å². The van der Waals surface area contributed by atoms with Crippen molar-refractivity contribution in [2.24, 2.45) is 0 Å². The minimum Gasteiger partial charge on any atom is -0.292 e. The lowest BCUT2D eigenvalue weighted by Gasteiger charge is -2.19. The van der Waals surface area contributed by atoms with Gasteiger partial charge in [0.1, 0.15) is 5.82 Å². The molecule has 0 amide bonds. The Labute approximate surface area is 331 Å². The number of para-hydroxylation sites is 3. The van der Waals surface area contributed by atoms with Crippen molar-refractivity contribution in [2.75, 3.05) is 0 Å². The van der Waals surface area contributed by atoms with E-state index in [0.717, 1.165) is 34.5 Å². The molecule has 11 rings (SSSR count). The van der Waals surface area contributed by atoms with Crippen LogP contribution in [0.2, 0.25) is 0 Å². The summed E-state index contributed by atoms with van der Waals surface area (Å²) in [7, 11) is 0. The molecule has 2 heteroatoms. The minimum atomic E-state index is 0.934. The quantitative estimate of drug-likeness (QED) is 0.162. The van der Waals surface area contributed by atoms with Crippen molar-refractivity contribution in [3.05, 3.63) is 204 Å². The van der Waals surface area contributed by atoms with Crippen molar-refractivity contribution >= 4 is 55.5 Å². The SMILES string of the molecule is Cc1c2c(c(-c3cccc(-c4c5ccccc5c(-c5ccc(-c6nc7ccccc7n6-c6ccccc6)cc5)c5ccccc45)c3)c3ccccc13)=CC=CCC=2. The number of imidazole rings is 1. The fourth-order valence-corrected chi connectivity index (χ4v) is 9.26. The van der Waals surface area contributed by atoms with Crippen molar-refractivity contribution in [1.29, 1.82) is 0 Å². The lowest BCUT2D eigenvalue weighted by molar-refractivity contribution is 1.10. The fraction of sp³-hybridized carbons (Fsp3) is 0.0364. The smallest absolute Gasteiger partial charge is 0.145 e.